The zero-order chi connectivity index (χ0) is 19.7. The number of allylic oxidation sites excluding steroid dienone is 1. The Labute approximate surface area is 168 Å². The van der Waals surface area contributed by atoms with Crippen molar-refractivity contribution in [3.05, 3.63) is 11.6 Å². The molecule has 0 bridgehead atoms. The van der Waals surface area contributed by atoms with Crippen molar-refractivity contribution in [1.82, 2.24) is 0 Å². The molecule has 3 saturated carbocycles. The van der Waals surface area contributed by atoms with Crippen molar-refractivity contribution < 1.29 is 14.3 Å². The second kappa shape index (κ2) is 6.16. The Balaban J connectivity index is 1.50. The Kier molecular flexibility index (Phi) is 4.14. The molecule has 0 radical (unpaired) electrons. The minimum Gasteiger partial charge on any atom is -0.347 e. The fourth-order valence-electron chi connectivity index (χ4n) is 8.41. The topological polar surface area (TPSA) is 59.3 Å². The maximum Gasteiger partial charge on any atom is 0.170 e. The van der Waals surface area contributed by atoms with E-state index in [0.717, 1.165) is 25.7 Å². The van der Waals surface area contributed by atoms with Crippen LogP contribution in [0.15, 0.2) is 11.6 Å². The van der Waals surface area contributed by atoms with E-state index in [9.17, 15) is 10.1 Å². The van der Waals surface area contributed by atoms with Gasteiger partial charge in [-0.1, -0.05) is 19.4 Å². The number of ketones is 1. The molecule has 4 aliphatic carbocycles. The number of hydrogen-bond acceptors (Lipinski definition) is 4. The van der Waals surface area contributed by atoms with Crippen LogP contribution in [-0.4, -0.2) is 24.8 Å². The van der Waals surface area contributed by atoms with Gasteiger partial charge >= 0.3 is 0 Å². The smallest absolute Gasteiger partial charge is 0.170 e. The number of fused-ring (bicyclic) bond motifs is 5. The van der Waals surface area contributed by atoms with Gasteiger partial charge < -0.3 is 9.47 Å². The summed E-state index contributed by atoms with van der Waals surface area (Å²) < 4.78 is 12.2. The van der Waals surface area contributed by atoms with Crippen molar-refractivity contribution in [3.63, 3.8) is 0 Å². The second-order valence-corrected chi connectivity index (χ2v) is 10.7. The van der Waals surface area contributed by atoms with Crippen molar-refractivity contribution in [2.24, 2.45) is 40.4 Å². The maximum atomic E-state index is 12.0. The molecule has 7 atom stereocenters. The number of nitrogens with zero attached hydrogens (tertiary/aromatic N) is 1. The van der Waals surface area contributed by atoms with Crippen LogP contribution >= 0.6 is 0 Å². The summed E-state index contributed by atoms with van der Waals surface area (Å²) in [6, 6.07) is 2.65. The maximum absolute atomic E-state index is 12.0. The van der Waals surface area contributed by atoms with Crippen molar-refractivity contribution in [2.75, 3.05) is 13.2 Å². The van der Waals surface area contributed by atoms with E-state index >= 15 is 0 Å². The number of rotatable bonds is 1. The molecule has 1 heterocycles. The Morgan fingerprint density at radius 2 is 1.82 bits per heavy atom. The van der Waals surface area contributed by atoms with E-state index in [-0.39, 0.29) is 22.7 Å². The average Bonchev–Trinajstić information content (AvgIpc) is 3.23. The molecule has 1 saturated heterocycles. The van der Waals surface area contributed by atoms with E-state index in [1.54, 1.807) is 0 Å². The molecule has 4 nitrogen and oxygen atoms in total. The molecule has 0 aromatic rings. The average molecular weight is 384 g/mol. The Bertz CT molecular complexity index is 760. The quantitative estimate of drug-likeness (QED) is 0.661. The van der Waals surface area contributed by atoms with E-state index in [0.29, 0.717) is 43.2 Å². The molecule has 28 heavy (non-hydrogen) atoms. The summed E-state index contributed by atoms with van der Waals surface area (Å²) in [6.07, 6.45) is 9.24. The highest BCUT2D eigenvalue weighted by atomic mass is 16.7. The van der Waals surface area contributed by atoms with Gasteiger partial charge in [-0.05, 0) is 80.1 Å². The number of nitriles is 1. The standard InChI is InChI=1S/C24H33NO3/c1-22-8-6-17(26)13-16(22)4-5-18-19(22)7-9-23(2)20(18)12-15(14-25)21(23)24(3)27-10-11-28-24/h13,15,18-21H,4-12H2,1-3H3/t15-,18?,19?,20?,21?,22?,23?/m0/s1. The Hall–Kier alpha value is -1.18. The predicted octanol–water partition coefficient (Wildman–Crippen LogP) is 4.65. The molecule has 0 spiro atoms. The molecule has 0 aromatic heterocycles. The van der Waals surface area contributed by atoms with Crippen molar-refractivity contribution in [1.29, 1.82) is 5.26 Å². The minimum atomic E-state index is -0.613. The van der Waals surface area contributed by atoms with Crippen molar-refractivity contribution >= 4 is 5.78 Å². The minimum absolute atomic E-state index is 0.00882. The van der Waals surface area contributed by atoms with E-state index in [2.05, 4.69) is 26.8 Å². The van der Waals surface area contributed by atoms with Crippen LogP contribution in [0.1, 0.15) is 65.7 Å². The molecule has 5 aliphatic rings. The largest absolute Gasteiger partial charge is 0.347 e. The molecular weight excluding hydrogens is 350 g/mol. The molecular formula is C24H33NO3. The van der Waals surface area contributed by atoms with Gasteiger partial charge in [-0.3, -0.25) is 4.79 Å². The lowest BCUT2D eigenvalue weighted by Gasteiger charge is -2.58. The van der Waals surface area contributed by atoms with Gasteiger partial charge in [-0.2, -0.15) is 5.26 Å². The van der Waals surface area contributed by atoms with Gasteiger partial charge in [0.15, 0.2) is 11.6 Å². The Morgan fingerprint density at radius 3 is 2.54 bits per heavy atom. The fraction of sp³-hybridized carbons (Fsp3) is 0.833. The number of ether oxygens (including phenoxy) is 2. The zero-order valence-electron chi connectivity index (χ0n) is 17.5. The highest BCUT2D eigenvalue weighted by Crippen LogP contribution is 2.69. The third-order valence-corrected chi connectivity index (χ3v) is 9.61. The van der Waals surface area contributed by atoms with Gasteiger partial charge in [0.05, 0.1) is 25.2 Å². The van der Waals surface area contributed by atoms with Crippen LogP contribution < -0.4 is 0 Å². The first-order valence-electron chi connectivity index (χ1n) is 11.2. The first kappa shape index (κ1) is 18.8. The molecule has 0 aromatic carbocycles. The lowest BCUT2D eigenvalue weighted by atomic mass is 9.46. The molecule has 5 rings (SSSR count). The number of carbonyl (C=O) groups is 1. The van der Waals surface area contributed by atoms with Crippen LogP contribution in [0.2, 0.25) is 0 Å². The van der Waals surface area contributed by atoms with Gasteiger partial charge in [-0.25, -0.2) is 0 Å². The summed E-state index contributed by atoms with van der Waals surface area (Å²) in [4.78, 5) is 12.0. The monoisotopic (exact) mass is 383 g/mol. The summed E-state index contributed by atoms with van der Waals surface area (Å²) in [5, 5.41) is 10.0. The van der Waals surface area contributed by atoms with E-state index < -0.39 is 5.79 Å². The van der Waals surface area contributed by atoms with Crippen molar-refractivity contribution in [2.45, 2.75) is 71.5 Å². The highest BCUT2D eigenvalue weighted by molar-refractivity contribution is 5.91. The van der Waals surface area contributed by atoms with Crippen LogP contribution in [0.5, 0.6) is 0 Å². The summed E-state index contributed by atoms with van der Waals surface area (Å²) in [7, 11) is 0. The third kappa shape index (κ3) is 2.39. The summed E-state index contributed by atoms with van der Waals surface area (Å²) in [6.45, 7) is 8.19. The van der Waals surface area contributed by atoms with Crippen LogP contribution in [0.4, 0.5) is 0 Å². The second-order valence-electron chi connectivity index (χ2n) is 10.7. The molecule has 1 aliphatic heterocycles. The van der Waals surface area contributed by atoms with E-state index in [1.807, 2.05) is 6.08 Å². The van der Waals surface area contributed by atoms with E-state index in [4.69, 9.17) is 9.47 Å². The first-order chi connectivity index (χ1) is 13.3. The van der Waals surface area contributed by atoms with Gasteiger partial charge in [0.1, 0.15) is 0 Å². The third-order valence-electron chi connectivity index (χ3n) is 9.61. The summed E-state index contributed by atoms with van der Waals surface area (Å²) in [5.74, 6) is 1.72. The predicted molar refractivity (Wildman–Crippen MR) is 105 cm³/mol. The van der Waals surface area contributed by atoms with E-state index in [1.165, 1.54) is 18.4 Å². The van der Waals surface area contributed by atoms with Gasteiger partial charge in [0, 0.05) is 12.3 Å². The van der Waals surface area contributed by atoms with Gasteiger partial charge in [0.2, 0.25) is 0 Å². The van der Waals surface area contributed by atoms with Gasteiger partial charge in [-0.15, -0.1) is 0 Å². The highest BCUT2D eigenvalue weighted by Gasteiger charge is 2.66. The van der Waals surface area contributed by atoms with Crippen LogP contribution in [0.25, 0.3) is 0 Å². The Morgan fingerprint density at radius 1 is 1.07 bits per heavy atom. The van der Waals surface area contributed by atoms with Crippen LogP contribution in [0.3, 0.4) is 0 Å². The number of hydrogen-bond donors (Lipinski definition) is 0. The van der Waals surface area contributed by atoms with Gasteiger partial charge in [0.25, 0.3) is 0 Å². The molecule has 6 unspecified atom stereocenters. The van der Waals surface area contributed by atoms with Crippen molar-refractivity contribution in [3.8, 4) is 6.07 Å². The van der Waals surface area contributed by atoms with Crippen LogP contribution in [0, 0.1) is 51.8 Å². The number of carbonyl (C=O) groups excluding carboxylic acids is 1. The molecule has 152 valence electrons. The van der Waals surface area contributed by atoms with Crippen LogP contribution in [-0.2, 0) is 14.3 Å². The molecule has 0 N–H and O–H groups in total. The summed E-state index contributed by atoms with van der Waals surface area (Å²) in [5.41, 5.74) is 1.69. The first-order valence-corrected chi connectivity index (χ1v) is 11.2. The SMILES string of the molecule is CC1(C2[C@H](C#N)CC3C4CCC5=CC(=O)CCC5(C)C4CCC32C)OCCO1. The molecule has 4 heteroatoms. The zero-order valence-corrected chi connectivity index (χ0v) is 17.5. The summed E-state index contributed by atoms with van der Waals surface area (Å²) >= 11 is 0. The lowest BCUT2D eigenvalue weighted by Crippen LogP contribution is -2.53. The molecule has 0 amide bonds. The normalized spacial score (nSPS) is 49.6. The lowest BCUT2D eigenvalue weighted by molar-refractivity contribution is -0.220. The fourth-order valence-corrected chi connectivity index (χ4v) is 8.41. The molecule has 4 fully saturated rings.